The topological polar surface area (TPSA) is 104 Å². The zero-order chi connectivity index (χ0) is 20.5. The first-order valence-electron chi connectivity index (χ1n) is 8.49. The van der Waals surface area contributed by atoms with Crippen LogP contribution in [0.15, 0.2) is 30.5 Å². The van der Waals surface area contributed by atoms with Gasteiger partial charge in [0, 0.05) is 31.1 Å². The number of aromatic nitrogens is 1. The second-order valence-electron chi connectivity index (χ2n) is 6.69. The molecule has 0 saturated heterocycles. The van der Waals surface area contributed by atoms with Gasteiger partial charge in [-0.1, -0.05) is 11.6 Å². The molecule has 28 heavy (non-hydrogen) atoms. The Kier molecular flexibility index (Phi) is 5.53. The Balaban J connectivity index is 1.78. The molecule has 1 saturated carbocycles. The Hall–Kier alpha value is -2.71. The fourth-order valence-electron chi connectivity index (χ4n) is 3.09. The van der Waals surface area contributed by atoms with Gasteiger partial charge in [0.1, 0.15) is 5.41 Å². The summed E-state index contributed by atoms with van der Waals surface area (Å²) in [5, 5.41) is 3.00. The number of halogens is 2. The average Bonchev–Trinajstić information content (AvgIpc) is 2.59. The molecule has 0 bridgehead atoms. The SMILES string of the molecule is COC1CC(C(N)=O)(C(=O)Nc2cc(C)c(Oc3ccc(Cl)cn3)c(F)c2)C1. The second kappa shape index (κ2) is 7.73. The maximum absolute atomic E-state index is 14.6. The van der Waals surface area contributed by atoms with Crippen molar-refractivity contribution in [3.63, 3.8) is 0 Å². The molecule has 1 aromatic heterocycles. The van der Waals surface area contributed by atoms with Crippen molar-refractivity contribution in [2.75, 3.05) is 12.4 Å². The summed E-state index contributed by atoms with van der Waals surface area (Å²) in [7, 11) is 1.50. The van der Waals surface area contributed by atoms with Gasteiger partial charge in [0.15, 0.2) is 11.6 Å². The van der Waals surface area contributed by atoms with E-state index in [1.807, 2.05) is 0 Å². The summed E-state index contributed by atoms with van der Waals surface area (Å²) in [5.41, 5.74) is 4.69. The lowest BCUT2D eigenvalue weighted by atomic mass is 9.65. The van der Waals surface area contributed by atoms with Gasteiger partial charge in [0.25, 0.3) is 0 Å². The molecule has 1 heterocycles. The van der Waals surface area contributed by atoms with Crippen molar-refractivity contribution in [3.05, 3.63) is 46.9 Å². The number of rotatable bonds is 6. The number of benzene rings is 1. The number of nitrogens with one attached hydrogen (secondary N) is 1. The minimum Gasteiger partial charge on any atom is -0.436 e. The van der Waals surface area contributed by atoms with E-state index in [0.717, 1.165) is 6.07 Å². The van der Waals surface area contributed by atoms with Gasteiger partial charge < -0.3 is 20.5 Å². The highest BCUT2D eigenvalue weighted by molar-refractivity contribution is 6.30. The summed E-state index contributed by atoms with van der Waals surface area (Å²) in [5.74, 6) is -1.86. The molecule has 7 nitrogen and oxygen atoms in total. The van der Waals surface area contributed by atoms with Gasteiger partial charge >= 0.3 is 0 Å². The van der Waals surface area contributed by atoms with Crippen molar-refractivity contribution in [1.82, 2.24) is 4.98 Å². The van der Waals surface area contributed by atoms with Crippen molar-refractivity contribution in [1.29, 1.82) is 0 Å². The van der Waals surface area contributed by atoms with Crippen LogP contribution in [-0.2, 0) is 14.3 Å². The van der Waals surface area contributed by atoms with Crippen LogP contribution in [-0.4, -0.2) is 30.0 Å². The monoisotopic (exact) mass is 407 g/mol. The van der Waals surface area contributed by atoms with E-state index in [2.05, 4.69) is 10.3 Å². The zero-order valence-electron chi connectivity index (χ0n) is 15.3. The van der Waals surface area contributed by atoms with Gasteiger partial charge in [0.05, 0.1) is 11.1 Å². The van der Waals surface area contributed by atoms with Crippen LogP contribution < -0.4 is 15.8 Å². The molecule has 0 radical (unpaired) electrons. The summed E-state index contributed by atoms with van der Waals surface area (Å²) in [6, 6.07) is 5.72. The first kappa shape index (κ1) is 20.0. The maximum atomic E-state index is 14.6. The molecule has 1 aromatic carbocycles. The van der Waals surface area contributed by atoms with Crippen molar-refractivity contribution in [3.8, 4) is 11.6 Å². The summed E-state index contributed by atoms with van der Waals surface area (Å²) in [6.45, 7) is 1.62. The first-order chi connectivity index (χ1) is 13.2. The number of methoxy groups -OCH3 is 1. The fraction of sp³-hybridized carbons (Fsp3) is 0.316. The van der Waals surface area contributed by atoms with Gasteiger partial charge in [-0.15, -0.1) is 0 Å². The van der Waals surface area contributed by atoms with E-state index >= 15 is 0 Å². The van der Waals surface area contributed by atoms with Crippen LogP contribution in [0.25, 0.3) is 0 Å². The van der Waals surface area contributed by atoms with E-state index in [4.69, 9.17) is 26.8 Å². The zero-order valence-corrected chi connectivity index (χ0v) is 16.0. The van der Waals surface area contributed by atoms with Gasteiger partial charge in [-0.25, -0.2) is 9.37 Å². The normalized spacial score (nSPS) is 20.9. The Morgan fingerprint density at radius 1 is 1.36 bits per heavy atom. The van der Waals surface area contributed by atoms with E-state index in [1.165, 1.54) is 25.4 Å². The van der Waals surface area contributed by atoms with Crippen LogP contribution in [0.5, 0.6) is 11.6 Å². The van der Waals surface area contributed by atoms with Crippen molar-refractivity contribution >= 4 is 29.1 Å². The molecule has 0 atom stereocenters. The smallest absolute Gasteiger partial charge is 0.240 e. The third-order valence-corrected chi connectivity index (χ3v) is 5.01. The lowest BCUT2D eigenvalue weighted by molar-refractivity contribution is -0.154. The largest absolute Gasteiger partial charge is 0.436 e. The van der Waals surface area contributed by atoms with E-state index < -0.39 is 23.0 Å². The minimum absolute atomic E-state index is 0.0273. The summed E-state index contributed by atoms with van der Waals surface area (Å²) in [6.07, 6.45) is 1.55. The van der Waals surface area contributed by atoms with Crippen LogP contribution >= 0.6 is 11.6 Å². The number of carbonyl (C=O) groups is 2. The van der Waals surface area contributed by atoms with Gasteiger partial charge in [-0.05, 0) is 37.5 Å². The fourth-order valence-corrected chi connectivity index (χ4v) is 3.20. The molecule has 148 valence electrons. The molecule has 2 aromatic rings. The molecule has 0 spiro atoms. The third-order valence-electron chi connectivity index (χ3n) is 4.79. The molecule has 3 rings (SSSR count). The Morgan fingerprint density at radius 3 is 2.61 bits per heavy atom. The Bertz CT molecular complexity index is 891. The van der Waals surface area contributed by atoms with Crippen molar-refractivity contribution in [2.24, 2.45) is 11.1 Å². The third kappa shape index (κ3) is 3.79. The van der Waals surface area contributed by atoms with E-state index in [-0.39, 0.29) is 36.3 Å². The van der Waals surface area contributed by atoms with E-state index in [9.17, 15) is 14.0 Å². The highest BCUT2D eigenvalue weighted by atomic mass is 35.5. The number of pyridine rings is 1. The van der Waals surface area contributed by atoms with Crippen LogP contribution in [0.1, 0.15) is 18.4 Å². The molecule has 9 heteroatoms. The van der Waals surface area contributed by atoms with Gasteiger partial charge in [-0.2, -0.15) is 0 Å². The van der Waals surface area contributed by atoms with Gasteiger partial charge in [0.2, 0.25) is 17.7 Å². The van der Waals surface area contributed by atoms with Crippen LogP contribution in [0.3, 0.4) is 0 Å². The predicted molar refractivity (Wildman–Crippen MR) is 101 cm³/mol. The lowest BCUT2D eigenvalue weighted by Gasteiger charge is -2.42. The molecule has 0 aliphatic heterocycles. The number of ether oxygens (including phenoxy) is 2. The number of carbonyl (C=O) groups excluding carboxylic acids is 2. The van der Waals surface area contributed by atoms with E-state index in [1.54, 1.807) is 13.0 Å². The number of amides is 2. The average molecular weight is 408 g/mol. The second-order valence-corrected chi connectivity index (χ2v) is 7.12. The highest BCUT2D eigenvalue weighted by Gasteiger charge is 2.55. The first-order valence-corrected chi connectivity index (χ1v) is 8.86. The minimum atomic E-state index is -1.35. The summed E-state index contributed by atoms with van der Waals surface area (Å²) in [4.78, 5) is 28.4. The molecule has 2 amide bonds. The summed E-state index contributed by atoms with van der Waals surface area (Å²) < 4.78 is 25.2. The molecular formula is C19H19ClFN3O4. The quantitative estimate of drug-likeness (QED) is 0.716. The number of nitrogens with two attached hydrogens (primary N) is 1. The number of hydrogen-bond acceptors (Lipinski definition) is 5. The molecule has 0 unspecified atom stereocenters. The van der Waals surface area contributed by atoms with Crippen molar-refractivity contribution in [2.45, 2.75) is 25.9 Å². The predicted octanol–water partition coefficient (Wildman–Crippen LogP) is 3.19. The standard InChI is InChI=1S/C19H19ClFN3O4/c1-10-5-12(24-18(26)19(17(22)25)7-13(8-19)27-2)6-14(21)16(10)28-15-4-3-11(20)9-23-15/h3-6,9,13H,7-8H2,1-2H3,(H2,22,25)(H,24,26). The summed E-state index contributed by atoms with van der Waals surface area (Å²) >= 11 is 5.77. The van der Waals surface area contributed by atoms with Gasteiger partial charge in [-0.3, -0.25) is 9.59 Å². The van der Waals surface area contributed by atoms with E-state index in [0.29, 0.717) is 10.6 Å². The highest BCUT2D eigenvalue weighted by Crippen LogP contribution is 2.43. The Labute approximate surface area is 166 Å². The molecule has 3 N–H and O–H groups in total. The van der Waals surface area contributed by atoms with Crippen LogP contribution in [0, 0.1) is 18.2 Å². The van der Waals surface area contributed by atoms with Crippen LogP contribution in [0.4, 0.5) is 10.1 Å². The van der Waals surface area contributed by atoms with Crippen molar-refractivity contribution < 1.29 is 23.5 Å². The number of primary amides is 1. The molecule has 1 fully saturated rings. The lowest BCUT2D eigenvalue weighted by Crippen LogP contribution is -2.57. The number of aryl methyl sites for hydroxylation is 1. The maximum Gasteiger partial charge on any atom is 0.240 e. The number of anilines is 1. The number of hydrogen-bond donors (Lipinski definition) is 2. The Morgan fingerprint density at radius 2 is 2.07 bits per heavy atom. The molecule has 1 aliphatic rings. The number of nitrogens with zero attached hydrogens (tertiary/aromatic N) is 1. The molecule has 1 aliphatic carbocycles. The van der Waals surface area contributed by atoms with Crippen LogP contribution in [0.2, 0.25) is 5.02 Å². The molecular weight excluding hydrogens is 389 g/mol.